The van der Waals surface area contributed by atoms with Crippen LogP contribution in [-0.2, 0) is 33.6 Å². The number of ether oxygens (including phenoxy) is 1. The molecule has 2 spiro atoms. The average Bonchev–Trinajstić information content (AvgIpc) is 3.63. The highest BCUT2D eigenvalue weighted by Crippen LogP contribution is 2.72. The molecule has 4 fully saturated rings. The summed E-state index contributed by atoms with van der Waals surface area (Å²) in [7, 11) is 0. The largest absolute Gasteiger partial charge is 0.459 e. The molecule has 56 heavy (non-hydrogen) atoms. The fourth-order valence-electron chi connectivity index (χ4n) is 11.8. The Morgan fingerprint density at radius 2 is 1.25 bits per heavy atom. The van der Waals surface area contributed by atoms with Gasteiger partial charge in [0, 0.05) is 42.7 Å². The van der Waals surface area contributed by atoms with Crippen molar-refractivity contribution in [2.45, 2.75) is 143 Å². The third-order valence-corrected chi connectivity index (χ3v) is 14.0. The average molecular weight is 771 g/mol. The van der Waals surface area contributed by atoms with Crippen LogP contribution in [0.5, 0.6) is 0 Å². The number of ketones is 1. The molecule has 0 radical (unpaired) electrons. The van der Waals surface area contributed by atoms with Crippen molar-refractivity contribution in [3.63, 3.8) is 0 Å². The fraction of sp³-hybridized carbons (Fsp3) is 0.630. The molecule has 4 bridgehead atoms. The molecule has 8 atom stereocenters. The van der Waals surface area contributed by atoms with E-state index in [1.54, 1.807) is 0 Å². The number of fused-ring (bicyclic) bond motifs is 6. The van der Waals surface area contributed by atoms with Gasteiger partial charge in [-0.2, -0.15) is 5.26 Å². The molecular formula is C46H62N2O8. The number of hydrogen-bond donors (Lipinski definition) is 3. The minimum Gasteiger partial charge on any atom is -0.459 e. The van der Waals surface area contributed by atoms with Gasteiger partial charge < -0.3 is 20.3 Å². The first-order chi connectivity index (χ1) is 26.3. The number of amides is 2. The Hall–Kier alpha value is -4.05. The van der Waals surface area contributed by atoms with Gasteiger partial charge >= 0.3 is 11.9 Å². The molecule has 3 N–H and O–H groups in total. The summed E-state index contributed by atoms with van der Waals surface area (Å²) >= 11 is 0. The molecule has 8 rings (SSSR count). The van der Waals surface area contributed by atoms with Crippen molar-refractivity contribution in [2.75, 3.05) is 13.1 Å². The Bertz CT molecular complexity index is 1900. The number of benzene rings is 2. The molecule has 10 heteroatoms. The highest BCUT2D eigenvalue weighted by atomic mass is 17.1. The zero-order chi connectivity index (χ0) is 41.0. The predicted molar refractivity (Wildman–Crippen MR) is 213 cm³/mol. The summed E-state index contributed by atoms with van der Waals surface area (Å²) in [6.45, 7) is 19.3. The summed E-state index contributed by atoms with van der Waals surface area (Å²) in [5.41, 5.74) is 6.18. The number of carbonyl (C=O) groups excluding carboxylic acids is 5. The number of Topliss-reactive ketones (excluding diaryl/α,β-unsaturated/α-hetero) is 1. The van der Waals surface area contributed by atoms with Gasteiger partial charge in [0.25, 0.3) is 0 Å². The van der Waals surface area contributed by atoms with Crippen LogP contribution in [0.1, 0.15) is 157 Å². The number of nitrogens with one attached hydrogen (secondary N) is 2. The predicted octanol–water partition coefficient (Wildman–Crippen LogP) is 7.94. The van der Waals surface area contributed by atoms with Gasteiger partial charge in [0.2, 0.25) is 11.8 Å². The van der Waals surface area contributed by atoms with Gasteiger partial charge in [-0.1, -0.05) is 71.0 Å². The van der Waals surface area contributed by atoms with Gasteiger partial charge in [-0.05, 0) is 116 Å². The maximum Gasteiger partial charge on any atom is 0.339 e. The van der Waals surface area contributed by atoms with Crippen LogP contribution < -0.4 is 10.6 Å². The lowest BCUT2D eigenvalue weighted by atomic mass is 9.56. The Kier molecular flexibility index (Phi) is 11.4. The Balaban J connectivity index is 0.000000170. The zero-order valence-corrected chi connectivity index (χ0v) is 34.8. The Morgan fingerprint density at radius 1 is 0.786 bits per heavy atom. The highest BCUT2D eigenvalue weighted by molar-refractivity contribution is 5.94. The second kappa shape index (κ2) is 15.4. The molecule has 304 valence electrons. The van der Waals surface area contributed by atoms with Crippen LogP contribution in [0, 0.1) is 41.9 Å². The lowest BCUT2D eigenvalue weighted by Gasteiger charge is -2.53. The lowest BCUT2D eigenvalue weighted by molar-refractivity contribution is -0.231. The third-order valence-electron chi connectivity index (χ3n) is 14.0. The molecule has 2 aromatic rings. The minimum absolute atomic E-state index is 0.0794. The van der Waals surface area contributed by atoms with Crippen molar-refractivity contribution in [3.8, 4) is 0 Å². The van der Waals surface area contributed by atoms with E-state index in [-0.39, 0.29) is 51.8 Å². The molecular weight excluding hydrogens is 709 g/mol. The van der Waals surface area contributed by atoms with Crippen molar-refractivity contribution < 1.29 is 38.9 Å². The van der Waals surface area contributed by atoms with E-state index in [9.17, 15) is 24.0 Å². The van der Waals surface area contributed by atoms with Crippen LogP contribution in [0.25, 0.3) is 0 Å². The van der Waals surface area contributed by atoms with Gasteiger partial charge in [0.05, 0.1) is 18.3 Å². The second-order valence-electron chi connectivity index (χ2n) is 19.1. The number of esters is 1. The van der Waals surface area contributed by atoms with E-state index in [1.165, 1.54) is 22.3 Å². The van der Waals surface area contributed by atoms with E-state index >= 15 is 0 Å². The molecule has 10 nitrogen and oxygen atoms in total. The smallest absolute Gasteiger partial charge is 0.339 e. The van der Waals surface area contributed by atoms with Gasteiger partial charge in [-0.25, -0.2) is 4.79 Å². The minimum atomic E-state index is -0.690. The summed E-state index contributed by atoms with van der Waals surface area (Å²) in [4.78, 5) is 64.5. The number of aryl methyl sites for hydroxylation is 2. The van der Waals surface area contributed by atoms with Gasteiger partial charge in [-0.3, -0.25) is 19.2 Å². The summed E-state index contributed by atoms with van der Waals surface area (Å²) in [5.74, 6) is 0.789. The van der Waals surface area contributed by atoms with Crippen molar-refractivity contribution in [3.05, 3.63) is 69.8 Å². The van der Waals surface area contributed by atoms with Crippen LogP contribution >= 0.6 is 0 Å². The quantitative estimate of drug-likeness (QED) is 0.152. The topological polar surface area (TPSA) is 148 Å². The number of carbonyl (C=O) groups is 5. The first-order valence-corrected chi connectivity index (χ1v) is 20.6. The van der Waals surface area contributed by atoms with Gasteiger partial charge in [-0.15, -0.1) is 0 Å². The van der Waals surface area contributed by atoms with Crippen molar-refractivity contribution in [1.82, 2.24) is 10.6 Å². The Labute approximate surface area is 332 Å². The summed E-state index contributed by atoms with van der Waals surface area (Å²) in [5, 5.41) is 13.6. The maximum absolute atomic E-state index is 13.4. The highest BCUT2D eigenvalue weighted by Gasteiger charge is 2.67. The molecule has 6 aliphatic rings. The van der Waals surface area contributed by atoms with Crippen molar-refractivity contribution in [1.29, 1.82) is 0 Å². The van der Waals surface area contributed by atoms with E-state index in [4.69, 9.17) is 9.99 Å². The van der Waals surface area contributed by atoms with Crippen LogP contribution in [0.15, 0.2) is 36.4 Å². The fourth-order valence-corrected chi connectivity index (χ4v) is 11.8. The van der Waals surface area contributed by atoms with Crippen LogP contribution in [0.2, 0.25) is 0 Å². The monoisotopic (exact) mass is 770 g/mol. The standard InChI is InChI=1S/C22H29NO3.C22H29NO2.C2H4O3/c1-13(2)11-23-20(25)19-18-14(3)6-5-7-15(18)16-8-9-21(4)12-22(16,19)10-17(24)26-21;1-13(2)11-23-20(25)19-18-14(3)6-5-7-15(18)16-8-9-21(4)12-22(16,19)10-17(21)24;1-2(3)5-4/h5-7,13,16,19H,8-12H2,1-4H3,(H,23,25);5-7,13,16,19H,8-12H2,1-4H3,(H,23,25);4H,1H3/t2*16-,19+,21-,22+;/m00./s1. The normalized spacial score (nSPS) is 32.7. The summed E-state index contributed by atoms with van der Waals surface area (Å²) in [6, 6.07) is 12.8. The molecule has 1 saturated heterocycles. The van der Waals surface area contributed by atoms with Crippen molar-refractivity contribution in [2.24, 2.45) is 28.1 Å². The van der Waals surface area contributed by atoms with E-state index in [0.29, 0.717) is 49.5 Å². The second-order valence-corrected chi connectivity index (χ2v) is 19.1. The van der Waals surface area contributed by atoms with Crippen LogP contribution in [-0.4, -0.2) is 53.5 Å². The number of rotatable bonds is 6. The summed E-state index contributed by atoms with van der Waals surface area (Å²) < 4.78 is 5.73. The molecule has 0 unspecified atom stereocenters. The van der Waals surface area contributed by atoms with Crippen molar-refractivity contribution >= 4 is 29.5 Å². The third kappa shape index (κ3) is 7.20. The van der Waals surface area contributed by atoms with Gasteiger partial charge in [0.1, 0.15) is 11.4 Å². The first-order valence-electron chi connectivity index (χ1n) is 20.6. The maximum atomic E-state index is 13.4. The Morgan fingerprint density at radius 3 is 1.71 bits per heavy atom. The zero-order valence-electron chi connectivity index (χ0n) is 34.8. The van der Waals surface area contributed by atoms with E-state index < -0.39 is 11.6 Å². The van der Waals surface area contributed by atoms with E-state index in [2.05, 4.69) is 100 Å². The SMILES string of the molecule is CC(=O)OO.Cc1cccc2c1[C@H](C(=O)NCC(C)C)[C@@]13CC(=O)O[C@@](C)(CC[C@@H]21)C3.Cc1cccc2c1[C@H](C(=O)NCC(C)C)[C@@]13CC(=O)[C@@](C)(CC[C@@H]21)C3. The van der Waals surface area contributed by atoms with Gasteiger partial charge in [0.15, 0.2) is 0 Å². The lowest BCUT2D eigenvalue weighted by Crippen LogP contribution is -2.54. The van der Waals surface area contributed by atoms with E-state index in [1.807, 2.05) is 6.92 Å². The van der Waals surface area contributed by atoms with Crippen LogP contribution in [0.3, 0.4) is 0 Å². The summed E-state index contributed by atoms with van der Waals surface area (Å²) in [6.07, 6.45) is 6.43. The molecule has 2 amide bonds. The molecule has 1 aliphatic heterocycles. The number of hydrogen-bond acceptors (Lipinski definition) is 8. The molecule has 5 aliphatic carbocycles. The molecule has 0 aromatic heterocycles. The molecule has 1 heterocycles. The van der Waals surface area contributed by atoms with Crippen LogP contribution in [0.4, 0.5) is 0 Å². The molecule has 2 aromatic carbocycles. The first kappa shape index (κ1) is 41.6. The molecule has 3 saturated carbocycles. The van der Waals surface area contributed by atoms with E-state index in [0.717, 1.165) is 56.6 Å².